The lowest BCUT2D eigenvalue weighted by atomic mass is 10.1. The number of benzene rings is 2. The third-order valence-corrected chi connectivity index (χ3v) is 3.92. The first kappa shape index (κ1) is 19.5. The van der Waals surface area contributed by atoms with Gasteiger partial charge in [0.2, 0.25) is 0 Å². The zero-order valence-corrected chi connectivity index (χ0v) is 16.8. The van der Waals surface area contributed by atoms with Gasteiger partial charge in [0.05, 0.1) is 5.69 Å². The second-order valence-electron chi connectivity index (χ2n) is 7.61. The molecule has 0 amide bonds. The van der Waals surface area contributed by atoms with Gasteiger partial charge in [-0.1, -0.05) is 18.2 Å². The summed E-state index contributed by atoms with van der Waals surface area (Å²) in [6.07, 6.45) is 1.19. The molecule has 0 radical (unpaired) electrons. The van der Waals surface area contributed by atoms with E-state index in [4.69, 9.17) is 9.47 Å². The van der Waals surface area contributed by atoms with E-state index in [1.54, 1.807) is 20.8 Å². The zero-order valence-electron chi connectivity index (χ0n) is 16.8. The third kappa shape index (κ3) is 4.91. The molecule has 3 aromatic rings. The van der Waals surface area contributed by atoms with Crippen LogP contribution in [0, 0.1) is 13.8 Å². The monoisotopic (exact) mass is 379 g/mol. The molecule has 0 fully saturated rings. The van der Waals surface area contributed by atoms with Crippen molar-refractivity contribution in [1.82, 2.24) is 9.78 Å². The zero-order chi connectivity index (χ0) is 20.3. The largest absolute Gasteiger partial charge is 0.514 e. The van der Waals surface area contributed by atoms with Crippen LogP contribution in [-0.2, 0) is 4.74 Å². The highest BCUT2D eigenvalue weighted by molar-refractivity contribution is 5.68. The molecule has 2 aromatic carbocycles. The fourth-order valence-corrected chi connectivity index (χ4v) is 2.80. The van der Waals surface area contributed by atoms with Crippen LogP contribution < -0.4 is 10.1 Å². The number of para-hydroxylation sites is 1. The van der Waals surface area contributed by atoms with Crippen LogP contribution in [0.5, 0.6) is 5.75 Å². The fourth-order valence-electron chi connectivity index (χ4n) is 2.80. The van der Waals surface area contributed by atoms with Crippen LogP contribution in [0.4, 0.5) is 16.3 Å². The molecule has 0 spiro atoms. The van der Waals surface area contributed by atoms with Crippen LogP contribution in [0.15, 0.2) is 54.7 Å². The average molecular weight is 379 g/mol. The number of hydrogen-bond acceptors (Lipinski definition) is 5. The SMILES string of the molecule is Cc1cc(Nc2ccn(-c3ccccc3)n2)cc(C)c1OC(=O)OC(C)(C)C. The Kier molecular flexibility index (Phi) is 5.40. The number of hydrogen-bond donors (Lipinski definition) is 1. The van der Waals surface area contributed by atoms with E-state index >= 15 is 0 Å². The minimum Gasteiger partial charge on any atom is -0.428 e. The summed E-state index contributed by atoms with van der Waals surface area (Å²) in [5, 5.41) is 7.84. The maximum atomic E-state index is 12.0. The number of aryl methyl sites for hydroxylation is 2. The van der Waals surface area contributed by atoms with Gasteiger partial charge in [0, 0.05) is 18.0 Å². The van der Waals surface area contributed by atoms with Crippen LogP contribution >= 0.6 is 0 Å². The summed E-state index contributed by atoms with van der Waals surface area (Å²) in [5.41, 5.74) is 2.92. The smallest absolute Gasteiger partial charge is 0.428 e. The number of nitrogens with zero attached hydrogens (tertiary/aromatic N) is 2. The van der Waals surface area contributed by atoms with Gasteiger partial charge in [-0.05, 0) is 70.0 Å². The highest BCUT2D eigenvalue weighted by atomic mass is 16.7. The molecule has 146 valence electrons. The summed E-state index contributed by atoms with van der Waals surface area (Å²) in [4.78, 5) is 12.0. The van der Waals surface area contributed by atoms with E-state index in [9.17, 15) is 4.79 Å². The van der Waals surface area contributed by atoms with Gasteiger partial charge in [0.25, 0.3) is 0 Å². The first-order valence-electron chi connectivity index (χ1n) is 9.11. The minimum absolute atomic E-state index is 0.509. The molecule has 6 nitrogen and oxygen atoms in total. The molecule has 0 aliphatic heterocycles. The molecule has 3 rings (SSSR count). The second kappa shape index (κ2) is 7.76. The summed E-state index contributed by atoms with van der Waals surface area (Å²) < 4.78 is 12.5. The van der Waals surface area contributed by atoms with E-state index in [1.165, 1.54) is 0 Å². The molecule has 1 heterocycles. The molecule has 0 unspecified atom stereocenters. The molecule has 0 saturated carbocycles. The molecule has 0 aliphatic rings. The van der Waals surface area contributed by atoms with Crippen molar-refractivity contribution >= 4 is 17.7 Å². The highest BCUT2D eigenvalue weighted by Crippen LogP contribution is 2.29. The standard InChI is InChI=1S/C22H25N3O3/c1-15-13-17(14-16(2)20(15)27-21(26)28-22(3,4)5)23-19-11-12-25(24-19)18-9-7-6-8-10-18/h6-14H,1-5H3,(H,23,24). The second-order valence-corrected chi connectivity index (χ2v) is 7.61. The molecular weight excluding hydrogens is 354 g/mol. The van der Waals surface area contributed by atoms with Crippen molar-refractivity contribution in [2.24, 2.45) is 0 Å². The van der Waals surface area contributed by atoms with Crippen LogP contribution in [0.25, 0.3) is 5.69 Å². The molecule has 28 heavy (non-hydrogen) atoms. The van der Waals surface area contributed by atoms with Gasteiger partial charge in [-0.25, -0.2) is 9.48 Å². The van der Waals surface area contributed by atoms with Gasteiger partial charge in [-0.15, -0.1) is 0 Å². The molecule has 0 atom stereocenters. The number of anilines is 2. The average Bonchev–Trinajstić information content (AvgIpc) is 3.06. The number of carbonyl (C=O) groups excluding carboxylic acids is 1. The van der Waals surface area contributed by atoms with Crippen LogP contribution in [0.3, 0.4) is 0 Å². The molecular formula is C22H25N3O3. The molecule has 0 saturated heterocycles. The Morgan fingerprint density at radius 3 is 2.29 bits per heavy atom. The predicted molar refractivity (Wildman–Crippen MR) is 110 cm³/mol. The van der Waals surface area contributed by atoms with Gasteiger partial charge in [-0.3, -0.25) is 0 Å². The van der Waals surface area contributed by atoms with E-state index in [2.05, 4.69) is 10.4 Å². The summed E-state index contributed by atoms with van der Waals surface area (Å²) in [5.74, 6) is 1.23. The Hall–Kier alpha value is -3.28. The molecule has 1 aromatic heterocycles. The Morgan fingerprint density at radius 2 is 1.68 bits per heavy atom. The van der Waals surface area contributed by atoms with E-state index in [0.29, 0.717) is 5.75 Å². The molecule has 0 bridgehead atoms. The first-order chi connectivity index (χ1) is 13.2. The highest BCUT2D eigenvalue weighted by Gasteiger charge is 2.20. The van der Waals surface area contributed by atoms with Gasteiger partial charge < -0.3 is 14.8 Å². The van der Waals surface area contributed by atoms with Gasteiger partial charge >= 0.3 is 6.16 Å². The first-order valence-corrected chi connectivity index (χ1v) is 9.11. The van der Waals surface area contributed by atoms with Crippen molar-refractivity contribution in [2.45, 2.75) is 40.2 Å². The normalized spacial score (nSPS) is 11.2. The number of aromatic nitrogens is 2. The van der Waals surface area contributed by atoms with Crippen molar-refractivity contribution < 1.29 is 14.3 Å². The number of ether oxygens (including phenoxy) is 2. The quantitative estimate of drug-likeness (QED) is 0.476. The third-order valence-electron chi connectivity index (χ3n) is 3.92. The van der Waals surface area contributed by atoms with Gasteiger partial charge in [-0.2, -0.15) is 5.10 Å². The van der Waals surface area contributed by atoms with Crippen molar-refractivity contribution in [2.75, 3.05) is 5.32 Å². The lowest BCUT2D eigenvalue weighted by Crippen LogP contribution is -2.26. The Balaban J connectivity index is 1.74. The van der Waals surface area contributed by atoms with E-state index in [-0.39, 0.29) is 0 Å². The van der Waals surface area contributed by atoms with Crippen LogP contribution in [0.1, 0.15) is 31.9 Å². The summed E-state index contributed by atoms with van der Waals surface area (Å²) in [6, 6.07) is 15.6. The van der Waals surface area contributed by atoms with Crippen LogP contribution in [0.2, 0.25) is 0 Å². The van der Waals surface area contributed by atoms with Gasteiger partial charge in [0.15, 0.2) is 5.82 Å². The maximum Gasteiger partial charge on any atom is 0.514 e. The van der Waals surface area contributed by atoms with Crippen molar-refractivity contribution in [1.29, 1.82) is 0 Å². The maximum absolute atomic E-state index is 12.0. The number of rotatable bonds is 4. The fraction of sp³-hybridized carbons (Fsp3) is 0.273. The molecule has 0 aliphatic carbocycles. The van der Waals surface area contributed by atoms with E-state index in [1.807, 2.05) is 73.3 Å². The Bertz CT molecular complexity index is 949. The van der Waals surface area contributed by atoms with Crippen molar-refractivity contribution in [3.63, 3.8) is 0 Å². The lowest BCUT2D eigenvalue weighted by molar-refractivity contribution is 0.0203. The summed E-state index contributed by atoms with van der Waals surface area (Å²) in [6.45, 7) is 9.18. The summed E-state index contributed by atoms with van der Waals surface area (Å²) in [7, 11) is 0. The lowest BCUT2D eigenvalue weighted by Gasteiger charge is -2.20. The molecule has 1 N–H and O–H groups in total. The minimum atomic E-state index is -0.707. The molecule has 6 heteroatoms. The Morgan fingerprint density at radius 1 is 1.04 bits per heavy atom. The van der Waals surface area contributed by atoms with Crippen LogP contribution in [-0.4, -0.2) is 21.5 Å². The van der Waals surface area contributed by atoms with E-state index < -0.39 is 11.8 Å². The van der Waals surface area contributed by atoms with Crippen molar-refractivity contribution in [3.05, 3.63) is 65.9 Å². The number of nitrogens with one attached hydrogen (secondary N) is 1. The topological polar surface area (TPSA) is 65.4 Å². The predicted octanol–water partition coefficient (Wildman–Crippen LogP) is 5.55. The Labute approximate surface area is 165 Å². The van der Waals surface area contributed by atoms with E-state index in [0.717, 1.165) is 28.3 Å². The van der Waals surface area contributed by atoms with Crippen molar-refractivity contribution in [3.8, 4) is 11.4 Å². The number of carbonyl (C=O) groups is 1. The summed E-state index contributed by atoms with van der Waals surface area (Å²) >= 11 is 0. The van der Waals surface area contributed by atoms with Gasteiger partial charge in [0.1, 0.15) is 11.4 Å².